The highest BCUT2D eigenvalue weighted by molar-refractivity contribution is 6.05. The van der Waals surface area contributed by atoms with Crippen molar-refractivity contribution in [3.63, 3.8) is 0 Å². The molecule has 5 nitrogen and oxygen atoms in total. The number of nitrogens with zero attached hydrogens (tertiary/aromatic N) is 3. The minimum absolute atomic E-state index is 0.139. The Hall–Kier alpha value is -2.74. The van der Waals surface area contributed by atoms with Crippen LogP contribution in [0.15, 0.2) is 36.5 Å². The summed E-state index contributed by atoms with van der Waals surface area (Å²) < 4.78 is 1.85. The summed E-state index contributed by atoms with van der Waals surface area (Å²) >= 11 is 0. The summed E-state index contributed by atoms with van der Waals surface area (Å²) in [5, 5.41) is 8.95. The molecule has 21 heavy (non-hydrogen) atoms. The van der Waals surface area contributed by atoms with Gasteiger partial charge in [0.25, 0.3) is 5.91 Å². The smallest absolute Gasteiger partial charge is 0.274 e. The molecule has 1 aromatic heterocycles. The highest BCUT2D eigenvalue weighted by Gasteiger charge is 2.19. The number of carbonyl (C=O) groups is 1. The van der Waals surface area contributed by atoms with Crippen molar-refractivity contribution in [3.05, 3.63) is 47.8 Å². The monoisotopic (exact) mass is 282 g/mol. The summed E-state index contributed by atoms with van der Waals surface area (Å²) in [6.45, 7) is 3.99. The lowest BCUT2D eigenvalue weighted by molar-refractivity contribution is 0.0982. The van der Waals surface area contributed by atoms with Crippen molar-refractivity contribution in [2.75, 3.05) is 17.7 Å². The second-order valence-electron chi connectivity index (χ2n) is 5.19. The van der Waals surface area contributed by atoms with Crippen molar-refractivity contribution >= 4 is 17.3 Å². The van der Waals surface area contributed by atoms with Gasteiger partial charge in [-0.05, 0) is 38.1 Å². The quantitative estimate of drug-likeness (QED) is 0.940. The van der Waals surface area contributed by atoms with Gasteiger partial charge in [0.1, 0.15) is 5.69 Å². The van der Waals surface area contributed by atoms with Gasteiger partial charge in [0, 0.05) is 25.0 Å². The number of nitrogen functional groups attached to an aromatic ring is 1. The Balaban J connectivity index is 2.37. The number of nitrogens with two attached hydrogens (primary N) is 1. The minimum atomic E-state index is -0.157. The molecule has 0 saturated heterocycles. The first-order valence-corrected chi connectivity index (χ1v) is 6.69. The van der Waals surface area contributed by atoms with Crippen LogP contribution in [0.1, 0.15) is 35.9 Å². The number of carbonyl (C=O) groups excluding carboxylic acids is 1. The molecule has 0 aliphatic carbocycles. The number of anilines is 2. The molecule has 2 rings (SSSR count). The Labute approximate surface area is 124 Å². The summed E-state index contributed by atoms with van der Waals surface area (Å²) in [6.07, 6.45) is 1.76. The van der Waals surface area contributed by atoms with Crippen molar-refractivity contribution < 1.29 is 4.79 Å². The molecule has 5 heteroatoms. The van der Waals surface area contributed by atoms with Crippen LogP contribution >= 0.6 is 0 Å². The molecule has 1 amide bonds. The average molecular weight is 282 g/mol. The van der Waals surface area contributed by atoms with Crippen LogP contribution in [-0.2, 0) is 0 Å². The largest absolute Gasteiger partial charge is 0.397 e. The maximum absolute atomic E-state index is 12.6. The SMILES string of the molecule is CC(C)n1cc(N)cc1C(=O)N(C)c1cccc(C#N)c1. The molecule has 2 N–H and O–H groups in total. The van der Waals surface area contributed by atoms with Gasteiger partial charge in [-0.2, -0.15) is 5.26 Å². The minimum Gasteiger partial charge on any atom is -0.397 e. The number of rotatable bonds is 3. The molecule has 0 unspecified atom stereocenters. The number of benzene rings is 1. The van der Waals surface area contributed by atoms with Crippen molar-refractivity contribution in [1.29, 1.82) is 5.26 Å². The van der Waals surface area contributed by atoms with Gasteiger partial charge in [-0.1, -0.05) is 6.07 Å². The molecular weight excluding hydrogens is 264 g/mol. The molecule has 1 aromatic carbocycles. The van der Waals surface area contributed by atoms with E-state index in [4.69, 9.17) is 11.0 Å². The van der Waals surface area contributed by atoms with E-state index in [2.05, 4.69) is 6.07 Å². The Morgan fingerprint density at radius 1 is 1.38 bits per heavy atom. The van der Waals surface area contributed by atoms with E-state index in [9.17, 15) is 4.79 Å². The van der Waals surface area contributed by atoms with Crippen LogP contribution in [-0.4, -0.2) is 17.5 Å². The molecular formula is C16H18N4O. The van der Waals surface area contributed by atoms with Crippen molar-refractivity contribution in [2.45, 2.75) is 19.9 Å². The summed E-state index contributed by atoms with van der Waals surface area (Å²) in [7, 11) is 1.69. The van der Waals surface area contributed by atoms with Gasteiger partial charge in [0.2, 0.25) is 0 Å². The van der Waals surface area contributed by atoms with E-state index in [1.165, 1.54) is 4.90 Å². The van der Waals surface area contributed by atoms with E-state index in [-0.39, 0.29) is 11.9 Å². The van der Waals surface area contributed by atoms with Gasteiger partial charge in [-0.3, -0.25) is 4.79 Å². The van der Waals surface area contributed by atoms with Gasteiger partial charge in [0.15, 0.2) is 0 Å². The normalized spacial score (nSPS) is 10.4. The molecule has 0 aliphatic rings. The van der Waals surface area contributed by atoms with E-state index < -0.39 is 0 Å². The van der Waals surface area contributed by atoms with E-state index in [1.807, 2.05) is 18.4 Å². The summed E-state index contributed by atoms with van der Waals surface area (Å²) in [5.74, 6) is -0.157. The van der Waals surface area contributed by atoms with Gasteiger partial charge in [-0.15, -0.1) is 0 Å². The zero-order chi connectivity index (χ0) is 15.6. The van der Waals surface area contributed by atoms with Gasteiger partial charge < -0.3 is 15.2 Å². The first-order chi connectivity index (χ1) is 9.93. The number of aromatic nitrogens is 1. The van der Waals surface area contributed by atoms with Crippen LogP contribution in [0.25, 0.3) is 0 Å². The number of amides is 1. The summed E-state index contributed by atoms with van der Waals surface area (Å²) in [6, 6.07) is 10.8. The third-order valence-electron chi connectivity index (χ3n) is 3.31. The fourth-order valence-electron chi connectivity index (χ4n) is 2.17. The van der Waals surface area contributed by atoms with Crippen LogP contribution in [0.5, 0.6) is 0 Å². The van der Waals surface area contributed by atoms with Crippen LogP contribution in [0.3, 0.4) is 0 Å². The lowest BCUT2D eigenvalue weighted by Crippen LogP contribution is -2.28. The maximum atomic E-state index is 12.6. The maximum Gasteiger partial charge on any atom is 0.274 e. The first kappa shape index (κ1) is 14.7. The Kier molecular flexibility index (Phi) is 3.99. The van der Waals surface area contributed by atoms with Crippen LogP contribution in [0.4, 0.5) is 11.4 Å². The van der Waals surface area contributed by atoms with E-state index >= 15 is 0 Å². The highest BCUT2D eigenvalue weighted by Crippen LogP contribution is 2.21. The summed E-state index contributed by atoms with van der Waals surface area (Å²) in [4.78, 5) is 14.2. The predicted molar refractivity (Wildman–Crippen MR) is 83.1 cm³/mol. The van der Waals surface area contributed by atoms with Crippen LogP contribution in [0.2, 0.25) is 0 Å². The second-order valence-corrected chi connectivity index (χ2v) is 5.19. The Bertz CT molecular complexity index is 709. The van der Waals surface area contributed by atoms with Gasteiger partial charge >= 0.3 is 0 Å². The lowest BCUT2D eigenvalue weighted by atomic mass is 10.2. The third kappa shape index (κ3) is 2.90. The lowest BCUT2D eigenvalue weighted by Gasteiger charge is -2.20. The van der Waals surface area contributed by atoms with E-state index in [0.29, 0.717) is 22.6 Å². The molecule has 0 fully saturated rings. The average Bonchev–Trinajstić information content (AvgIpc) is 2.88. The number of hydrogen-bond donors (Lipinski definition) is 1. The number of hydrogen-bond acceptors (Lipinski definition) is 3. The van der Waals surface area contributed by atoms with Crippen molar-refractivity contribution in [2.24, 2.45) is 0 Å². The van der Waals surface area contributed by atoms with E-state index in [1.54, 1.807) is 43.6 Å². The molecule has 0 radical (unpaired) electrons. The van der Waals surface area contributed by atoms with E-state index in [0.717, 1.165) is 0 Å². The number of nitriles is 1. The molecule has 108 valence electrons. The van der Waals surface area contributed by atoms with Crippen LogP contribution in [0, 0.1) is 11.3 Å². The van der Waals surface area contributed by atoms with Crippen molar-refractivity contribution in [3.8, 4) is 6.07 Å². The molecule has 1 heterocycles. The molecule has 0 spiro atoms. The standard InChI is InChI=1S/C16H18N4O/c1-11(2)20-10-13(18)8-15(20)16(21)19(3)14-6-4-5-12(7-14)9-17/h4-8,10-11H,18H2,1-3H3. The highest BCUT2D eigenvalue weighted by atomic mass is 16.2. The fourth-order valence-corrected chi connectivity index (χ4v) is 2.17. The molecule has 0 bridgehead atoms. The Morgan fingerprint density at radius 2 is 2.10 bits per heavy atom. The van der Waals surface area contributed by atoms with Crippen LogP contribution < -0.4 is 10.6 Å². The zero-order valence-corrected chi connectivity index (χ0v) is 12.4. The second kappa shape index (κ2) is 5.71. The molecule has 2 aromatic rings. The predicted octanol–water partition coefficient (Wildman–Crippen LogP) is 2.80. The summed E-state index contributed by atoms with van der Waals surface area (Å²) in [5.41, 5.74) is 8.10. The van der Waals surface area contributed by atoms with Crippen molar-refractivity contribution in [1.82, 2.24) is 4.57 Å². The molecule has 0 saturated carbocycles. The fraction of sp³-hybridized carbons (Fsp3) is 0.250. The van der Waals surface area contributed by atoms with Gasteiger partial charge in [-0.25, -0.2) is 0 Å². The third-order valence-corrected chi connectivity index (χ3v) is 3.31. The zero-order valence-electron chi connectivity index (χ0n) is 12.4. The molecule has 0 atom stereocenters. The first-order valence-electron chi connectivity index (χ1n) is 6.69. The van der Waals surface area contributed by atoms with Gasteiger partial charge in [0.05, 0.1) is 17.3 Å². The topological polar surface area (TPSA) is 75.0 Å². The Morgan fingerprint density at radius 3 is 2.71 bits per heavy atom. The molecule has 0 aliphatic heterocycles.